The van der Waals surface area contributed by atoms with Crippen molar-refractivity contribution in [1.82, 2.24) is 20.3 Å². The Morgan fingerprint density at radius 3 is 2.76 bits per heavy atom. The van der Waals surface area contributed by atoms with Gasteiger partial charge in [0.25, 0.3) is 0 Å². The summed E-state index contributed by atoms with van der Waals surface area (Å²) in [5.41, 5.74) is 0.00843. The fourth-order valence-corrected chi connectivity index (χ4v) is 1.57. The number of aromatic nitrogens is 3. The highest BCUT2D eigenvalue weighted by Crippen LogP contribution is 2.44. The van der Waals surface area contributed by atoms with Crippen LogP contribution < -0.4 is 5.32 Å². The van der Waals surface area contributed by atoms with Crippen LogP contribution in [0, 0.1) is 5.41 Å². The fourth-order valence-electron chi connectivity index (χ4n) is 1.57. The number of aromatic carboxylic acids is 1. The first-order valence-corrected chi connectivity index (χ1v) is 5.31. The molecule has 0 radical (unpaired) electrons. The van der Waals surface area contributed by atoms with E-state index in [1.54, 1.807) is 0 Å². The number of rotatable bonds is 4. The Kier molecular flexibility index (Phi) is 2.60. The van der Waals surface area contributed by atoms with E-state index in [9.17, 15) is 9.59 Å². The molecule has 0 aliphatic heterocycles. The van der Waals surface area contributed by atoms with Crippen LogP contribution in [-0.4, -0.2) is 38.0 Å². The minimum absolute atomic E-state index is 0.00708. The first-order valence-electron chi connectivity index (χ1n) is 5.31. The van der Waals surface area contributed by atoms with Crippen molar-refractivity contribution < 1.29 is 14.7 Å². The molecule has 0 bridgehead atoms. The molecule has 1 unspecified atom stereocenters. The first-order chi connectivity index (χ1) is 7.88. The molecule has 1 aromatic rings. The standard InChI is InChI=1S/C10H14N4O3/c1-10(2)3-7(10)11-8(15)5-14-4-6(9(16)17)12-13-14/h4,7H,3,5H2,1-2H3,(H,11,15)(H,16,17). The SMILES string of the molecule is CC1(C)CC1NC(=O)Cn1cc(C(=O)O)nn1. The highest BCUT2D eigenvalue weighted by Gasteiger charge is 2.46. The van der Waals surface area contributed by atoms with E-state index in [0.29, 0.717) is 0 Å². The maximum Gasteiger partial charge on any atom is 0.358 e. The van der Waals surface area contributed by atoms with E-state index in [-0.39, 0.29) is 29.6 Å². The van der Waals surface area contributed by atoms with Crippen LogP contribution in [0.2, 0.25) is 0 Å². The van der Waals surface area contributed by atoms with Gasteiger partial charge in [0.05, 0.1) is 6.20 Å². The lowest BCUT2D eigenvalue weighted by atomic mass is 10.2. The molecule has 17 heavy (non-hydrogen) atoms. The van der Waals surface area contributed by atoms with Gasteiger partial charge in [-0.05, 0) is 11.8 Å². The third-order valence-electron chi connectivity index (χ3n) is 2.91. The van der Waals surface area contributed by atoms with Crippen LogP contribution in [0.1, 0.15) is 30.8 Å². The van der Waals surface area contributed by atoms with Gasteiger partial charge in [-0.3, -0.25) is 4.79 Å². The Balaban J connectivity index is 1.88. The Hall–Kier alpha value is -1.92. The number of nitrogens with zero attached hydrogens (tertiary/aromatic N) is 3. The average Bonchev–Trinajstić information content (AvgIpc) is 2.63. The zero-order valence-corrected chi connectivity index (χ0v) is 9.67. The quantitative estimate of drug-likeness (QED) is 0.762. The molecule has 1 saturated carbocycles. The van der Waals surface area contributed by atoms with Crippen molar-refractivity contribution in [1.29, 1.82) is 0 Å². The van der Waals surface area contributed by atoms with E-state index in [1.165, 1.54) is 10.9 Å². The smallest absolute Gasteiger partial charge is 0.358 e. The van der Waals surface area contributed by atoms with Crippen molar-refractivity contribution in [3.63, 3.8) is 0 Å². The van der Waals surface area contributed by atoms with E-state index in [4.69, 9.17) is 5.11 Å². The van der Waals surface area contributed by atoms with Gasteiger partial charge in [-0.1, -0.05) is 19.1 Å². The third-order valence-corrected chi connectivity index (χ3v) is 2.91. The molecule has 7 nitrogen and oxygen atoms in total. The van der Waals surface area contributed by atoms with Gasteiger partial charge in [0, 0.05) is 6.04 Å². The van der Waals surface area contributed by atoms with Gasteiger partial charge in [-0.2, -0.15) is 0 Å². The summed E-state index contributed by atoms with van der Waals surface area (Å²) in [5, 5.41) is 18.5. The Labute approximate surface area is 97.8 Å². The highest BCUT2D eigenvalue weighted by atomic mass is 16.4. The number of carbonyl (C=O) groups excluding carboxylic acids is 1. The molecule has 0 aromatic carbocycles. The van der Waals surface area contributed by atoms with E-state index in [0.717, 1.165) is 6.42 Å². The van der Waals surface area contributed by atoms with Gasteiger partial charge in [0.2, 0.25) is 5.91 Å². The zero-order valence-electron chi connectivity index (χ0n) is 9.67. The number of hydrogen-bond donors (Lipinski definition) is 2. The third kappa shape index (κ3) is 2.61. The van der Waals surface area contributed by atoms with Gasteiger partial charge in [0.1, 0.15) is 6.54 Å². The molecule has 0 spiro atoms. The molecule has 1 aliphatic carbocycles. The monoisotopic (exact) mass is 238 g/mol. The highest BCUT2D eigenvalue weighted by molar-refractivity contribution is 5.84. The molecular formula is C10H14N4O3. The van der Waals surface area contributed by atoms with Crippen LogP contribution >= 0.6 is 0 Å². The summed E-state index contributed by atoms with van der Waals surface area (Å²) in [7, 11) is 0. The fraction of sp³-hybridized carbons (Fsp3) is 0.600. The molecule has 1 heterocycles. The summed E-state index contributed by atoms with van der Waals surface area (Å²) in [4.78, 5) is 22.1. The van der Waals surface area contributed by atoms with E-state index < -0.39 is 5.97 Å². The number of nitrogens with one attached hydrogen (secondary N) is 1. The van der Waals surface area contributed by atoms with Crippen LogP contribution in [0.3, 0.4) is 0 Å². The molecule has 2 N–H and O–H groups in total. The van der Waals surface area contributed by atoms with Crippen LogP contribution in [0.5, 0.6) is 0 Å². The lowest BCUT2D eigenvalue weighted by Gasteiger charge is -2.06. The Morgan fingerprint density at radius 1 is 1.65 bits per heavy atom. The molecule has 1 atom stereocenters. The lowest BCUT2D eigenvalue weighted by molar-refractivity contribution is -0.122. The first kappa shape index (κ1) is 11.6. The summed E-state index contributed by atoms with van der Waals surface area (Å²) < 4.78 is 1.22. The summed E-state index contributed by atoms with van der Waals surface area (Å²) in [5.74, 6) is -1.33. The number of carbonyl (C=O) groups is 2. The maximum atomic E-state index is 11.6. The maximum absolute atomic E-state index is 11.6. The average molecular weight is 238 g/mol. The second kappa shape index (κ2) is 3.83. The Morgan fingerprint density at radius 2 is 2.29 bits per heavy atom. The van der Waals surface area contributed by atoms with Crippen LogP contribution in [0.15, 0.2) is 6.20 Å². The second-order valence-electron chi connectivity index (χ2n) is 4.92. The number of amides is 1. The predicted molar refractivity (Wildman–Crippen MR) is 57.3 cm³/mol. The van der Waals surface area contributed by atoms with E-state index in [1.807, 2.05) is 0 Å². The number of carboxylic acid groups (broad SMARTS) is 1. The molecule has 2 rings (SSSR count). The second-order valence-corrected chi connectivity index (χ2v) is 4.92. The summed E-state index contributed by atoms with van der Waals surface area (Å²) in [6.45, 7) is 4.15. The van der Waals surface area contributed by atoms with Crippen molar-refractivity contribution in [2.24, 2.45) is 5.41 Å². The normalized spacial score (nSPS) is 20.9. The predicted octanol–water partition coefficient (Wildman–Crippen LogP) is -0.109. The van der Waals surface area contributed by atoms with Gasteiger partial charge in [-0.25, -0.2) is 9.48 Å². The van der Waals surface area contributed by atoms with Crippen molar-refractivity contribution in [3.05, 3.63) is 11.9 Å². The minimum atomic E-state index is -1.15. The lowest BCUT2D eigenvalue weighted by Crippen LogP contribution is -2.31. The van der Waals surface area contributed by atoms with Crippen LogP contribution in [0.25, 0.3) is 0 Å². The summed E-state index contributed by atoms with van der Waals surface area (Å²) in [6.07, 6.45) is 2.20. The molecule has 7 heteroatoms. The molecule has 1 aromatic heterocycles. The van der Waals surface area contributed by atoms with Crippen molar-refractivity contribution in [2.75, 3.05) is 0 Å². The molecule has 1 fully saturated rings. The van der Waals surface area contributed by atoms with Crippen LogP contribution in [-0.2, 0) is 11.3 Å². The van der Waals surface area contributed by atoms with E-state index >= 15 is 0 Å². The van der Waals surface area contributed by atoms with Gasteiger partial charge >= 0.3 is 5.97 Å². The molecular weight excluding hydrogens is 224 g/mol. The molecule has 0 saturated heterocycles. The van der Waals surface area contributed by atoms with Crippen molar-refractivity contribution >= 4 is 11.9 Å². The summed E-state index contributed by atoms with van der Waals surface area (Å²) >= 11 is 0. The molecule has 92 valence electrons. The topological polar surface area (TPSA) is 97.1 Å². The van der Waals surface area contributed by atoms with Gasteiger partial charge in [0.15, 0.2) is 5.69 Å². The zero-order chi connectivity index (χ0) is 12.6. The largest absolute Gasteiger partial charge is 0.476 e. The van der Waals surface area contributed by atoms with E-state index in [2.05, 4.69) is 29.5 Å². The number of carboxylic acids is 1. The summed E-state index contributed by atoms with van der Waals surface area (Å²) in [6, 6.07) is 0.206. The Bertz CT molecular complexity index is 466. The minimum Gasteiger partial charge on any atom is -0.476 e. The van der Waals surface area contributed by atoms with Gasteiger partial charge < -0.3 is 10.4 Å². The number of hydrogen-bond acceptors (Lipinski definition) is 4. The van der Waals surface area contributed by atoms with Crippen molar-refractivity contribution in [2.45, 2.75) is 32.9 Å². The van der Waals surface area contributed by atoms with Crippen LogP contribution in [0.4, 0.5) is 0 Å². The van der Waals surface area contributed by atoms with Crippen molar-refractivity contribution in [3.8, 4) is 0 Å². The molecule has 1 amide bonds. The molecule has 1 aliphatic rings. The van der Waals surface area contributed by atoms with Gasteiger partial charge in [-0.15, -0.1) is 5.10 Å².